The van der Waals surface area contributed by atoms with E-state index < -0.39 is 0 Å². The predicted molar refractivity (Wildman–Crippen MR) is 91.6 cm³/mol. The predicted octanol–water partition coefficient (Wildman–Crippen LogP) is 4.54. The Bertz CT molecular complexity index is 597. The summed E-state index contributed by atoms with van der Waals surface area (Å²) in [6, 6.07) is 3.11. The molecule has 21 heavy (non-hydrogen) atoms. The molecular formula is C13H13Cl2N3OS2. The van der Waals surface area contributed by atoms with Crippen molar-refractivity contribution in [3.8, 4) is 0 Å². The van der Waals surface area contributed by atoms with Gasteiger partial charge in [0.2, 0.25) is 5.91 Å². The molecular weight excluding hydrogens is 349 g/mol. The first kappa shape index (κ1) is 16.4. The largest absolute Gasteiger partial charge is 0.399 e. The summed E-state index contributed by atoms with van der Waals surface area (Å²) in [5.74, 6) is 0.716. The molecule has 0 bridgehead atoms. The van der Waals surface area contributed by atoms with Gasteiger partial charge < -0.3 is 11.1 Å². The number of halogens is 2. The lowest BCUT2D eigenvalue weighted by Gasteiger charge is -2.10. The van der Waals surface area contributed by atoms with Crippen LogP contribution >= 0.6 is 46.3 Å². The van der Waals surface area contributed by atoms with Gasteiger partial charge in [0.05, 0.1) is 15.7 Å². The van der Waals surface area contributed by atoms with Gasteiger partial charge in [-0.3, -0.25) is 4.79 Å². The summed E-state index contributed by atoms with van der Waals surface area (Å²) in [5.41, 5.74) is 6.48. The summed E-state index contributed by atoms with van der Waals surface area (Å²) >= 11 is 15.3. The maximum atomic E-state index is 11.9. The molecule has 8 heteroatoms. The van der Waals surface area contributed by atoms with Gasteiger partial charge in [-0.25, -0.2) is 4.98 Å². The molecule has 0 unspecified atom stereocenters. The molecule has 4 nitrogen and oxygen atoms in total. The third kappa shape index (κ3) is 5.07. The van der Waals surface area contributed by atoms with Crippen LogP contribution in [0.1, 0.15) is 12.8 Å². The highest BCUT2D eigenvalue weighted by Gasteiger charge is 2.11. The molecule has 0 saturated heterocycles. The number of nitrogen functional groups attached to an aromatic ring is 1. The minimum absolute atomic E-state index is 0.122. The Kier molecular flexibility index (Phi) is 6.17. The Hall–Kier alpha value is -0.950. The van der Waals surface area contributed by atoms with Crippen LogP contribution in [-0.2, 0) is 4.79 Å². The lowest BCUT2D eigenvalue weighted by molar-refractivity contribution is -0.116. The molecule has 0 radical (unpaired) electrons. The number of thiazole rings is 1. The van der Waals surface area contributed by atoms with Crippen LogP contribution in [0, 0.1) is 0 Å². The average molecular weight is 362 g/mol. The van der Waals surface area contributed by atoms with E-state index in [4.69, 9.17) is 28.9 Å². The van der Waals surface area contributed by atoms with Gasteiger partial charge >= 0.3 is 0 Å². The Morgan fingerprint density at radius 3 is 2.71 bits per heavy atom. The first-order valence-corrected chi connectivity index (χ1v) is 8.75. The summed E-state index contributed by atoms with van der Waals surface area (Å²) in [5, 5.41) is 5.33. The van der Waals surface area contributed by atoms with Gasteiger partial charge in [-0.15, -0.1) is 11.3 Å². The molecule has 1 heterocycles. The van der Waals surface area contributed by atoms with Crippen molar-refractivity contribution in [2.45, 2.75) is 17.2 Å². The SMILES string of the molecule is Nc1cc(Cl)c(NC(=O)CCCSc2nccs2)c(Cl)c1. The molecule has 2 aromatic rings. The fourth-order valence-electron chi connectivity index (χ4n) is 1.59. The van der Waals surface area contributed by atoms with Crippen molar-refractivity contribution in [3.63, 3.8) is 0 Å². The second-order valence-electron chi connectivity index (χ2n) is 4.16. The molecule has 0 fully saturated rings. The summed E-state index contributed by atoms with van der Waals surface area (Å²) in [6.45, 7) is 0. The molecule has 0 aliphatic carbocycles. The van der Waals surface area contributed by atoms with Crippen molar-refractivity contribution in [3.05, 3.63) is 33.8 Å². The first-order valence-electron chi connectivity index (χ1n) is 6.13. The summed E-state index contributed by atoms with van der Waals surface area (Å²) < 4.78 is 1.01. The van der Waals surface area contributed by atoms with Crippen LogP contribution in [0.25, 0.3) is 0 Å². The van der Waals surface area contributed by atoms with E-state index in [9.17, 15) is 4.79 Å². The zero-order valence-electron chi connectivity index (χ0n) is 10.9. The number of thioether (sulfide) groups is 1. The highest BCUT2D eigenvalue weighted by atomic mass is 35.5. The molecule has 0 spiro atoms. The van der Waals surface area contributed by atoms with Crippen molar-refractivity contribution in [1.82, 2.24) is 4.98 Å². The molecule has 1 aromatic heterocycles. The highest BCUT2D eigenvalue weighted by Crippen LogP contribution is 2.33. The van der Waals surface area contributed by atoms with Crippen LogP contribution in [-0.4, -0.2) is 16.6 Å². The van der Waals surface area contributed by atoms with Crippen molar-refractivity contribution in [2.24, 2.45) is 0 Å². The van der Waals surface area contributed by atoms with Crippen molar-refractivity contribution < 1.29 is 4.79 Å². The molecule has 2 rings (SSSR count). The number of carbonyl (C=O) groups is 1. The summed E-state index contributed by atoms with van der Waals surface area (Å²) in [6.07, 6.45) is 2.92. The Morgan fingerprint density at radius 1 is 1.38 bits per heavy atom. The number of amides is 1. The van der Waals surface area contributed by atoms with Crippen LogP contribution in [0.2, 0.25) is 10.0 Å². The van der Waals surface area contributed by atoms with E-state index in [0.717, 1.165) is 16.5 Å². The molecule has 3 N–H and O–H groups in total. The average Bonchev–Trinajstić information content (AvgIpc) is 2.92. The number of nitrogens with two attached hydrogens (primary N) is 1. The molecule has 0 aliphatic rings. The zero-order valence-corrected chi connectivity index (χ0v) is 14.1. The second kappa shape index (κ2) is 7.89. The topological polar surface area (TPSA) is 68.0 Å². The second-order valence-corrected chi connectivity index (χ2v) is 7.21. The van der Waals surface area contributed by atoms with Crippen molar-refractivity contribution >= 4 is 63.6 Å². The van der Waals surface area contributed by atoms with Crippen molar-refractivity contribution in [2.75, 3.05) is 16.8 Å². The summed E-state index contributed by atoms with van der Waals surface area (Å²) in [7, 11) is 0. The molecule has 0 atom stereocenters. The molecule has 0 saturated carbocycles. The van der Waals surface area contributed by atoms with Crippen LogP contribution < -0.4 is 11.1 Å². The normalized spacial score (nSPS) is 10.6. The minimum atomic E-state index is -0.122. The van der Waals surface area contributed by atoms with E-state index in [2.05, 4.69) is 10.3 Å². The van der Waals surface area contributed by atoms with Gasteiger partial charge in [0.1, 0.15) is 4.34 Å². The number of aromatic nitrogens is 1. The highest BCUT2D eigenvalue weighted by molar-refractivity contribution is 8.00. The Morgan fingerprint density at radius 2 is 2.10 bits per heavy atom. The van der Waals surface area contributed by atoms with Gasteiger partial charge in [0.15, 0.2) is 0 Å². The third-order valence-electron chi connectivity index (χ3n) is 2.51. The number of rotatable bonds is 6. The van der Waals surface area contributed by atoms with Crippen LogP contribution in [0.5, 0.6) is 0 Å². The third-order valence-corrected chi connectivity index (χ3v) is 5.16. The van der Waals surface area contributed by atoms with Crippen LogP contribution in [0.15, 0.2) is 28.0 Å². The van der Waals surface area contributed by atoms with Gasteiger partial charge in [-0.2, -0.15) is 0 Å². The quantitative estimate of drug-likeness (QED) is 0.450. The maximum Gasteiger partial charge on any atom is 0.224 e. The van der Waals surface area contributed by atoms with Crippen LogP contribution in [0.3, 0.4) is 0 Å². The fraction of sp³-hybridized carbons (Fsp3) is 0.231. The number of hydrogen-bond donors (Lipinski definition) is 2. The van der Waals surface area contributed by atoms with E-state index >= 15 is 0 Å². The minimum Gasteiger partial charge on any atom is -0.399 e. The molecule has 1 amide bonds. The van der Waals surface area contributed by atoms with E-state index in [1.54, 1.807) is 41.4 Å². The van der Waals surface area contributed by atoms with E-state index in [1.807, 2.05) is 5.38 Å². The van der Waals surface area contributed by atoms with E-state index in [-0.39, 0.29) is 5.91 Å². The smallest absolute Gasteiger partial charge is 0.224 e. The van der Waals surface area contributed by atoms with Gasteiger partial charge in [0.25, 0.3) is 0 Å². The van der Waals surface area contributed by atoms with E-state index in [1.165, 1.54) is 0 Å². The van der Waals surface area contributed by atoms with E-state index in [0.29, 0.717) is 27.8 Å². The number of benzene rings is 1. The Balaban J connectivity index is 1.79. The number of nitrogens with one attached hydrogen (secondary N) is 1. The molecule has 0 aliphatic heterocycles. The number of carbonyl (C=O) groups excluding carboxylic acids is 1. The maximum absolute atomic E-state index is 11.9. The number of anilines is 2. The van der Waals surface area contributed by atoms with Crippen LogP contribution in [0.4, 0.5) is 11.4 Å². The lowest BCUT2D eigenvalue weighted by atomic mass is 10.2. The van der Waals surface area contributed by atoms with Gasteiger partial charge in [0, 0.05) is 29.4 Å². The van der Waals surface area contributed by atoms with Gasteiger partial charge in [-0.1, -0.05) is 35.0 Å². The number of nitrogens with zero attached hydrogens (tertiary/aromatic N) is 1. The zero-order chi connectivity index (χ0) is 15.2. The fourth-order valence-corrected chi connectivity index (χ4v) is 3.83. The standard InChI is InChI=1S/C13H13Cl2N3OS2/c14-9-6-8(16)7-10(15)12(9)18-11(19)2-1-4-20-13-17-3-5-21-13/h3,5-7H,1-2,4,16H2,(H,18,19). The van der Waals surface area contributed by atoms with Crippen molar-refractivity contribution in [1.29, 1.82) is 0 Å². The molecule has 112 valence electrons. The lowest BCUT2D eigenvalue weighted by Crippen LogP contribution is -2.12. The summed E-state index contributed by atoms with van der Waals surface area (Å²) in [4.78, 5) is 16.0. The number of hydrogen-bond acceptors (Lipinski definition) is 5. The monoisotopic (exact) mass is 361 g/mol. The van der Waals surface area contributed by atoms with Gasteiger partial charge in [-0.05, 0) is 18.6 Å². The molecule has 1 aromatic carbocycles. The Labute approximate surface area is 141 Å². The first-order chi connectivity index (χ1) is 10.1.